The first kappa shape index (κ1) is 13.0. The predicted molar refractivity (Wildman–Crippen MR) is 74.0 cm³/mol. The van der Waals surface area contributed by atoms with Crippen molar-refractivity contribution >= 4 is 29.0 Å². The maximum atomic E-state index is 6.03. The number of nitrogens with zero attached hydrogens (tertiary/aromatic N) is 2. The fourth-order valence-corrected chi connectivity index (χ4v) is 2.93. The van der Waals surface area contributed by atoms with Gasteiger partial charge in [0.1, 0.15) is 5.82 Å². The SMILES string of the molecule is CC1CCN(c2cc(CCl)c(Cl)cn2)C(C)C1. The van der Waals surface area contributed by atoms with Crippen LogP contribution in [0.5, 0.6) is 0 Å². The second-order valence-corrected chi connectivity index (χ2v) is 5.61. The monoisotopic (exact) mass is 272 g/mol. The lowest BCUT2D eigenvalue weighted by atomic mass is 9.93. The van der Waals surface area contributed by atoms with Crippen LogP contribution in [0.2, 0.25) is 5.02 Å². The topological polar surface area (TPSA) is 16.1 Å². The largest absolute Gasteiger partial charge is 0.354 e. The van der Waals surface area contributed by atoms with E-state index in [-0.39, 0.29) is 0 Å². The lowest BCUT2D eigenvalue weighted by Gasteiger charge is -2.37. The van der Waals surface area contributed by atoms with Gasteiger partial charge in [0.05, 0.1) is 5.02 Å². The van der Waals surface area contributed by atoms with Gasteiger partial charge < -0.3 is 4.90 Å². The molecule has 1 aliphatic rings. The van der Waals surface area contributed by atoms with E-state index in [4.69, 9.17) is 23.2 Å². The van der Waals surface area contributed by atoms with Crippen LogP contribution in [0, 0.1) is 5.92 Å². The van der Waals surface area contributed by atoms with E-state index >= 15 is 0 Å². The van der Waals surface area contributed by atoms with Crippen molar-refractivity contribution in [2.24, 2.45) is 5.92 Å². The van der Waals surface area contributed by atoms with Crippen LogP contribution in [-0.2, 0) is 5.88 Å². The lowest BCUT2D eigenvalue weighted by molar-refractivity contribution is 0.376. The maximum Gasteiger partial charge on any atom is 0.129 e. The van der Waals surface area contributed by atoms with Crippen molar-refractivity contribution in [3.8, 4) is 0 Å². The molecule has 1 aromatic rings. The first-order chi connectivity index (χ1) is 8.11. The van der Waals surface area contributed by atoms with Gasteiger partial charge in [0.25, 0.3) is 0 Å². The minimum Gasteiger partial charge on any atom is -0.354 e. The molecule has 0 spiro atoms. The molecule has 2 nitrogen and oxygen atoms in total. The molecule has 2 unspecified atom stereocenters. The first-order valence-corrected chi connectivity index (χ1v) is 7.00. The summed E-state index contributed by atoms with van der Waals surface area (Å²) in [6, 6.07) is 2.55. The Bertz CT molecular complexity index is 395. The Balaban J connectivity index is 2.22. The molecule has 0 saturated carbocycles. The Morgan fingerprint density at radius 1 is 1.47 bits per heavy atom. The Morgan fingerprint density at radius 3 is 2.88 bits per heavy atom. The van der Waals surface area contributed by atoms with Crippen molar-refractivity contribution in [2.45, 2.75) is 38.6 Å². The number of pyridine rings is 1. The van der Waals surface area contributed by atoms with E-state index in [1.165, 1.54) is 12.8 Å². The normalized spacial score (nSPS) is 25.1. The molecule has 2 atom stereocenters. The molecule has 1 aliphatic heterocycles. The summed E-state index contributed by atoms with van der Waals surface area (Å²) >= 11 is 11.9. The third-order valence-electron chi connectivity index (χ3n) is 3.50. The van der Waals surface area contributed by atoms with E-state index in [9.17, 15) is 0 Å². The molecule has 2 rings (SSSR count). The van der Waals surface area contributed by atoms with Crippen LogP contribution in [-0.4, -0.2) is 17.6 Å². The summed E-state index contributed by atoms with van der Waals surface area (Å²) in [5.74, 6) is 2.25. The molecule has 0 radical (unpaired) electrons. The number of aromatic nitrogens is 1. The van der Waals surface area contributed by atoms with E-state index in [1.54, 1.807) is 6.20 Å². The van der Waals surface area contributed by atoms with Crippen molar-refractivity contribution in [3.05, 3.63) is 22.8 Å². The Kier molecular flexibility index (Phi) is 4.16. The molecule has 0 N–H and O–H groups in total. The molecule has 17 heavy (non-hydrogen) atoms. The van der Waals surface area contributed by atoms with Crippen LogP contribution in [0.25, 0.3) is 0 Å². The van der Waals surface area contributed by atoms with Crippen LogP contribution in [0.15, 0.2) is 12.3 Å². The third kappa shape index (κ3) is 2.86. The third-order valence-corrected chi connectivity index (χ3v) is 4.13. The highest BCUT2D eigenvalue weighted by Crippen LogP contribution is 2.28. The fraction of sp³-hybridized carbons (Fsp3) is 0.615. The first-order valence-electron chi connectivity index (χ1n) is 6.09. The Morgan fingerprint density at radius 2 is 2.24 bits per heavy atom. The summed E-state index contributed by atoms with van der Waals surface area (Å²) in [5.41, 5.74) is 0.962. The lowest BCUT2D eigenvalue weighted by Crippen LogP contribution is -2.40. The zero-order valence-electron chi connectivity index (χ0n) is 10.3. The number of halogens is 2. The van der Waals surface area contributed by atoms with Gasteiger partial charge in [-0.3, -0.25) is 0 Å². The zero-order chi connectivity index (χ0) is 12.4. The average Bonchev–Trinajstić information content (AvgIpc) is 2.30. The van der Waals surface area contributed by atoms with Crippen LogP contribution >= 0.6 is 23.2 Å². The summed E-state index contributed by atoms with van der Waals surface area (Å²) < 4.78 is 0. The molecule has 1 fully saturated rings. The van der Waals surface area contributed by atoms with E-state index in [0.29, 0.717) is 16.9 Å². The smallest absolute Gasteiger partial charge is 0.129 e. The van der Waals surface area contributed by atoms with Gasteiger partial charge in [-0.2, -0.15) is 0 Å². The molecule has 1 saturated heterocycles. The molecule has 0 aliphatic carbocycles. The summed E-state index contributed by atoms with van der Waals surface area (Å²) in [5, 5.41) is 0.654. The number of piperidine rings is 1. The zero-order valence-corrected chi connectivity index (χ0v) is 11.8. The molecule has 0 bridgehead atoms. The molecule has 0 amide bonds. The van der Waals surface area contributed by atoms with Crippen molar-refractivity contribution < 1.29 is 0 Å². The fourth-order valence-electron chi connectivity index (χ4n) is 2.47. The minimum atomic E-state index is 0.437. The van der Waals surface area contributed by atoms with Crippen LogP contribution in [0.3, 0.4) is 0 Å². The van der Waals surface area contributed by atoms with Gasteiger partial charge >= 0.3 is 0 Å². The second kappa shape index (κ2) is 5.45. The summed E-state index contributed by atoms with van der Waals surface area (Å²) in [6.07, 6.45) is 4.16. The molecule has 94 valence electrons. The van der Waals surface area contributed by atoms with Gasteiger partial charge in [-0.1, -0.05) is 18.5 Å². The summed E-state index contributed by atoms with van der Waals surface area (Å²) in [6.45, 7) is 5.64. The minimum absolute atomic E-state index is 0.437. The van der Waals surface area contributed by atoms with Crippen LogP contribution in [0.1, 0.15) is 32.3 Å². The number of rotatable bonds is 2. The molecule has 4 heteroatoms. The van der Waals surface area contributed by atoms with Gasteiger partial charge in [0, 0.05) is 24.7 Å². The quantitative estimate of drug-likeness (QED) is 0.754. The predicted octanol–water partition coefficient (Wildman–Crippen LogP) is 4.10. The van der Waals surface area contributed by atoms with E-state index in [1.807, 2.05) is 6.07 Å². The number of hydrogen-bond donors (Lipinski definition) is 0. The molecule has 2 heterocycles. The standard InChI is InChI=1S/C13H18Cl2N2/c1-9-3-4-17(10(2)5-9)13-6-11(7-14)12(15)8-16-13/h6,8-10H,3-5,7H2,1-2H3. The van der Waals surface area contributed by atoms with E-state index in [0.717, 1.165) is 23.8 Å². The van der Waals surface area contributed by atoms with Crippen molar-refractivity contribution in [2.75, 3.05) is 11.4 Å². The van der Waals surface area contributed by atoms with Crippen LogP contribution < -0.4 is 4.90 Å². The van der Waals surface area contributed by atoms with Crippen molar-refractivity contribution in [3.63, 3.8) is 0 Å². The Labute approximate surface area is 113 Å². The molecular weight excluding hydrogens is 255 g/mol. The summed E-state index contributed by atoms with van der Waals surface area (Å²) in [4.78, 5) is 6.77. The molecule has 1 aromatic heterocycles. The van der Waals surface area contributed by atoms with Crippen LogP contribution in [0.4, 0.5) is 5.82 Å². The highest BCUT2D eigenvalue weighted by molar-refractivity contribution is 6.32. The van der Waals surface area contributed by atoms with Gasteiger partial charge in [-0.05, 0) is 37.3 Å². The van der Waals surface area contributed by atoms with Gasteiger partial charge in [0.2, 0.25) is 0 Å². The van der Waals surface area contributed by atoms with E-state index < -0.39 is 0 Å². The maximum absolute atomic E-state index is 6.03. The highest BCUT2D eigenvalue weighted by atomic mass is 35.5. The molecule has 0 aromatic carbocycles. The van der Waals surface area contributed by atoms with Gasteiger partial charge in [0.15, 0.2) is 0 Å². The molecular formula is C13H18Cl2N2. The van der Waals surface area contributed by atoms with E-state index in [2.05, 4.69) is 23.7 Å². The second-order valence-electron chi connectivity index (χ2n) is 4.94. The number of anilines is 1. The number of alkyl halides is 1. The van der Waals surface area contributed by atoms with Crippen molar-refractivity contribution in [1.82, 2.24) is 4.98 Å². The highest BCUT2D eigenvalue weighted by Gasteiger charge is 2.24. The van der Waals surface area contributed by atoms with Gasteiger partial charge in [-0.25, -0.2) is 4.98 Å². The average molecular weight is 273 g/mol. The number of hydrogen-bond acceptors (Lipinski definition) is 2. The van der Waals surface area contributed by atoms with Gasteiger partial charge in [-0.15, -0.1) is 11.6 Å². The summed E-state index contributed by atoms with van der Waals surface area (Å²) in [7, 11) is 0. The Hall–Kier alpha value is -0.470. The van der Waals surface area contributed by atoms with Crippen molar-refractivity contribution in [1.29, 1.82) is 0 Å².